The number of aryl methyl sites for hydroxylation is 1. The molecule has 0 aliphatic carbocycles. The van der Waals surface area contributed by atoms with E-state index in [0.29, 0.717) is 41.0 Å². The number of nitrogens with zero attached hydrogens (tertiary/aromatic N) is 2. The topological polar surface area (TPSA) is 89.0 Å². The van der Waals surface area contributed by atoms with E-state index in [2.05, 4.69) is 0 Å². The average Bonchev–Trinajstić information content (AvgIpc) is 3.48. The van der Waals surface area contributed by atoms with Crippen molar-refractivity contribution in [1.82, 2.24) is 4.98 Å². The highest BCUT2D eigenvalue weighted by Gasteiger charge is 2.48. The number of ketones is 1. The van der Waals surface area contributed by atoms with Crippen molar-refractivity contribution in [2.24, 2.45) is 0 Å². The highest BCUT2D eigenvalue weighted by Crippen LogP contribution is 2.45. The molecule has 4 aromatic rings. The second-order valence-electron chi connectivity index (χ2n) is 9.43. The Morgan fingerprint density at radius 3 is 2.38 bits per heavy atom. The number of aliphatic hydroxyl groups is 1. The van der Waals surface area contributed by atoms with Gasteiger partial charge in [-0.3, -0.25) is 14.5 Å². The quantitative estimate of drug-likeness (QED) is 0.142. The summed E-state index contributed by atoms with van der Waals surface area (Å²) in [5, 5.41) is 11.8. The van der Waals surface area contributed by atoms with E-state index in [0.717, 1.165) is 28.6 Å². The fourth-order valence-corrected chi connectivity index (χ4v) is 5.64. The van der Waals surface area contributed by atoms with Crippen molar-refractivity contribution in [3.63, 3.8) is 0 Å². The molecule has 1 atom stereocenters. The Morgan fingerprint density at radius 1 is 0.949 bits per heavy atom. The van der Waals surface area contributed by atoms with E-state index in [-0.39, 0.29) is 11.3 Å². The summed E-state index contributed by atoms with van der Waals surface area (Å²) >= 11 is 1.34. The fraction of sp³-hybridized carbons (Fsp3) is 0.258. The van der Waals surface area contributed by atoms with Gasteiger partial charge >= 0.3 is 5.91 Å². The standard InChI is InChI=1S/C31H30N2O5S/c1-4-15-37-22-12-10-20(11-13-22)28(34)26-27(21-7-6-8-23(18-21)38-16-5-2)33(30(36)29(26)35)31-32-24-14-9-19(3)17-25(24)39-31/h6-14,17-18,27,34H,4-5,15-16H2,1-3H3/b28-26+. The number of carbonyl (C=O) groups is 2. The molecule has 0 saturated carbocycles. The van der Waals surface area contributed by atoms with Crippen LogP contribution in [0.3, 0.4) is 0 Å². The molecule has 7 nitrogen and oxygen atoms in total. The van der Waals surface area contributed by atoms with Gasteiger partial charge in [0.2, 0.25) is 0 Å². The molecule has 8 heteroatoms. The Morgan fingerprint density at radius 2 is 1.67 bits per heavy atom. The molecule has 1 unspecified atom stereocenters. The maximum Gasteiger partial charge on any atom is 0.301 e. The van der Waals surface area contributed by atoms with Crippen LogP contribution in [-0.2, 0) is 9.59 Å². The smallest absolute Gasteiger partial charge is 0.301 e. The van der Waals surface area contributed by atoms with Gasteiger partial charge in [-0.25, -0.2) is 4.98 Å². The Balaban J connectivity index is 1.65. The van der Waals surface area contributed by atoms with Crippen molar-refractivity contribution in [3.8, 4) is 11.5 Å². The van der Waals surface area contributed by atoms with Crippen LogP contribution < -0.4 is 14.4 Å². The van der Waals surface area contributed by atoms with Crippen LogP contribution in [-0.4, -0.2) is 35.0 Å². The van der Waals surface area contributed by atoms with E-state index in [4.69, 9.17) is 14.5 Å². The molecule has 5 rings (SSSR count). The lowest BCUT2D eigenvalue weighted by Crippen LogP contribution is -2.29. The molecule has 2 heterocycles. The van der Waals surface area contributed by atoms with Crippen molar-refractivity contribution in [3.05, 3.63) is 89.0 Å². The average molecular weight is 543 g/mol. The molecular formula is C31H30N2O5S. The summed E-state index contributed by atoms with van der Waals surface area (Å²) in [7, 11) is 0. The van der Waals surface area contributed by atoms with Gasteiger partial charge in [0.15, 0.2) is 5.13 Å². The number of carbonyl (C=O) groups excluding carboxylic acids is 2. The van der Waals surface area contributed by atoms with Gasteiger partial charge in [0.05, 0.1) is 35.0 Å². The molecule has 1 amide bonds. The SMILES string of the molecule is CCCOc1ccc(/C(O)=C2\C(=O)C(=O)N(c3nc4ccc(C)cc4s3)C2c2cccc(OCCC)c2)cc1. The summed E-state index contributed by atoms with van der Waals surface area (Å²) in [5.74, 6) is -0.466. The Hall–Kier alpha value is -4.17. The number of hydrogen-bond acceptors (Lipinski definition) is 7. The molecule has 0 radical (unpaired) electrons. The molecule has 1 fully saturated rings. The van der Waals surface area contributed by atoms with Crippen LogP contribution in [0.5, 0.6) is 11.5 Å². The van der Waals surface area contributed by atoms with Gasteiger partial charge < -0.3 is 14.6 Å². The number of anilines is 1. The van der Waals surface area contributed by atoms with E-state index in [1.54, 1.807) is 24.3 Å². The monoisotopic (exact) mass is 542 g/mol. The van der Waals surface area contributed by atoms with Crippen LogP contribution in [0.15, 0.2) is 72.3 Å². The van der Waals surface area contributed by atoms with Crippen molar-refractivity contribution >= 4 is 44.1 Å². The predicted molar refractivity (Wildman–Crippen MR) is 154 cm³/mol. The summed E-state index contributed by atoms with van der Waals surface area (Å²) in [6.07, 6.45) is 1.71. The number of amides is 1. The van der Waals surface area contributed by atoms with E-state index in [9.17, 15) is 14.7 Å². The summed E-state index contributed by atoms with van der Waals surface area (Å²) in [6, 6.07) is 19.1. The van der Waals surface area contributed by atoms with Crippen molar-refractivity contribution < 1.29 is 24.2 Å². The molecule has 0 bridgehead atoms. The summed E-state index contributed by atoms with van der Waals surface area (Å²) in [4.78, 5) is 33.2. The first-order chi connectivity index (χ1) is 18.9. The van der Waals surface area contributed by atoms with Crippen molar-refractivity contribution in [1.29, 1.82) is 0 Å². The number of benzene rings is 3. The predicted octanol–water partition coefficient (Wildman–Crippen LogP) is 6.81. The minimum Gasteiger partial charge on any atom is -0.507 e. The Bertz CT molecular complexity index is 1560. The fourth-order valence-electron chi connectivity index (χ4n) is 4.55. The number of hydrogen-bond donors (Lipinski definition) is 1. The lowest BCUT2D eigenvalue weighted by molar-refractivity contribution is -0.132. The van der Waals surface area contributed by atoms with Crippen LogP contribution >= 0.6 is 11.3 Å². The molecule has 200 valence electrons. The first-order valence-electron chi connectivity index (χ1n) is 13.1. The molecular weight excluding hydrogens is 512 g/mol. The zero-order valence-electron chi connectivity index (χ0n) is 22.1. The highest BCUT2D eigenvalue weighted by atomic mass is 32.1. The second kappa shape index (κ2) is 11.3. The van der Waals surface area contributed by atoms with Gasteiger partial charge in [-0.2, -0.15) is 0 Å². The number of thiazole rings is 1. The first-order valence-corrected chi connectivity index (χ1v) is 13.9. The molecule has 1 aliphatic rings. The normalized spacial score (nSPS) is 16.7. The Kier molecular flexibility index (Phi) is 7.65. The van der Waals surface area contributed by atoms with Gasteiger partial charge in [0.1, 0.15) is 17.3 Å². The van der Waals surface area contributed by atoms with Crippen molar-refractivity contribution in [2.45, 2.75) is 39.7 Å². The number of rotatable bonds is 9. The summed E-state index contributed by atoms with van der Waals surface area (Å²) in [5.41, 5.74) is 2.88. The van der Waals surface area contributed by atoms with E-state index in [1.807, 2.05) is 63.2 Å². The van der Waals surface area contributed by atoms with Crippen LogP contribution in [0.1, 0.15) is 49.4 Å². The third-order valence-corrected chi connectivity index (χ3v) is 7.45. The lowest BCUT2D eigenvalue weighted by Gasteiger charge is -2.23. The minimum absolute atomic E-state index is 0.00491. The third kappa shape index (κ3) is 5.25. The molecule has 3 aromatic carbocycles. The van der Waals surface area contributed by atoms with E-state index >= 15 is 0 Å². The number of fused-ring (bicyclic) bond motifs is 1. The minimum atomic E-state index is -0.882. The summed E-state index contributed by atoms with van der Waals surface area (Å²) in [6.45, 7) is 7.15. The molecule has 1 aromatic heterocycles. The van der Waals surface area contributed by atoms with Crippen LogP contribution in [0.2, 0.25) is 0 Å². The van der Waals surface area contributed by atoms with Gasteiger partial charge in [-0.15, -0.1) is 0 Å². The highest BCUT2D eigenvalue weighted by molar-refractivity contribution is 7.22. The van der Waals surface area contributed by atoms with Gasteiger partial charge in [0, 0.05) is 5.56 Å². The Labute approximate surface area is 231 Å². The number of Topliss-reactive ketones (excluding diaryl/α,β-unsaturated/α-hetero) is 1. The number of aliphatic hydroxyl groups excluding tert-OH is 1. The van der Waals surface area contributed by atoms with Gasteiger partial charge in [-0.05, 0) is 79.4 Å². The molecule has 1 N–H and O–H groups in total. The zero-order valence-corrected chi connectivity index (χ0v) is 23.0. The zero-order chi connectivity index (χ0) is 27.5. The van der Waals surface area contributed by atoms with Crippen LogP contribution in [0.4, 0.5) is 5.13 Å². The van der Waals surface area contributed by atoms with Crippen LogP contribution in [0, 0.1) is 6.92 Å². The summed E-state index contributed by atoms with van der Waals surface area (Å²) < 4.78 is 12.4. The third-order valence-electron chi connectivity index (χ3n) is 6.43. The number of aromatic nitrogens is 1. The van der Waals surface area contributed by atoms with E-state index in [1.165, 1.54) is 16.2 Å². The number of ether oxygens (including phenoxy) is 2. The van der Waals surface area contributed by atoms with Crippen molar-refractivity contribution in [2.75, 3.05) is 18.1 Å². The molecule has 1 saturated heterocycles. The van der Waals surface area contributed by atoms with Gasteiger partial charge in [-0.1, -0.05) is 43.4 Å². The second-order valence-corrected chi connectivity index (χ2v) is 10.4. The molecule has 39 heavy (non-hydrogen) atoms. The lowest BCUT2D eigenvalue weighted by atomic mass is 9.95. The molecule has 0 spiro atoms. The van der Waals surface area contributed by atoms with E-state index < -0.39 is 17.7 Å². The van der Waals surface area contributed by atoms with Gasteiger partial charge in [0.25, 0.3) is 5.78 Å². The molecule has 1 aliphatic heterocycles. The first kappa shape index (κ1) is 26.4. The van der Waals surface area contributed by atoms with Crippen LogP contribution in [0.25, 0.3) is 16.0 Å². The largest absolute Gasteiger partial charge is 0.507 e. The maximum atomic E-state index is 13.6. The maximum absolute atomic E-state index is 13.6.